The van der Waals surface area contributed by atoms with Crippen molar-refractivity contribution in [3.63, 3.8) is 0 Å². The number of hydrogen-bond donors (Lipinski definition) is 2. The van der Waals surface area contributed by atoms with Gasteiger partial charge in [0.15, 0.2) is 0 Å². The largest absolute Gasteiger partial charge is 0.493 e. The van der Waals surface area contributed by atoms with E-state index < -0.39 is 0 Å². The van der Waals surface area contributed by atoms with Gasteiger partial charge < -0.3 is 15.4 Å². The highest BCUT2D eigenvalue weighted by atomic mass is 32.1. The third-order valence-electron chi connectivity index (χ3n) is 3.33. The van der Waals surface area contributed by atoms with Crippen LogP contribution in [0.5, 0.6) is 5.75 Å². The van der Waals surface area contributed by atoms with Gasteiger partial charge in [-0.1, -0.05) is 18.2 Å². The fourth-order valence-electron chi connectivity index (χ4n) is 2.34. The average Bonchev–Trinajstić information content (AvgIpc) is 2.91. The molecule has 0 radical (unpaired) electrons. The van der Waals surface area contributed by atoms with Gasteiger partial charge in [0, 0.05) is 23.1 Å². The summed E-state index contributed by atoms with van der Waals surface area (Å²) in [5.41, 5.74) is 2.01. The molecule has 1 unspecified atom stereocenters. The molecule has 1 aliphatic rings. The number of nitrogens with zero attached hydrogens (tertiary/aromatic N) is 1. The minimum Gasteiger partial charge on any atom is -0.493 e. The van der Waals surface area contributed by atoms with E-state index in [-0.39, 0.29) is 12.1 Å². The molecule has 0 saturated carbocycles. The van der Waals surface area contributed by atoms with Crippen molar-refractivity contribution in [3.8, 4) is 5.75 Å². The Morgan fingerprint density at radius 3 is 3.14 bits per heavy atom. The van der Waals surface area contributed by atoms with Crippen LogP contribution in [-0.2, 0) is 6.54 Å². The molecule has 0 fully saturated rings. The number of nitrogens with one attached hydrogen (secondary N) is 2. The molecule has 0 spiro atoms. The number of benzene rings is 1. The van der Waals surface area contributed by atoms with E-state index in [9.17, 15) is 4.79 Å². The number of urea groups is 1. The number of amides is 2. The molecule has 2 N–H and O–H groups in total. The summed E-state index contributed by atoms with van der Waals surface area (Å²) in [5.74, 6) is 0.851. The first kappa shape index (κ1) is 13.9. The van der Waals surface area contributed by atoms with Gasteiger partial charge in [0.1, 0.15) is 10.8 Å². The summed E-state index contributed by atoms with van der Waals surface area (Å²) in [6.45, 7) is 3.02. The third-order valence-corrected chi connectivity index (χ3v) is 4.30. The number of ether oxygens (including phenoxy) is 1. The lowest BCUT2D eigenvalue weighted by atomic mass is 10.0. The van der Waals surface area contributed by atoms with Gasteiger partial charge in [-0.05, 0) is 13.0 Å². The second kappa shape index (κ2) is 6.13. The molecule has 6 heteroatoms. The van der Waals surface area contributed by atoms with Crippen LogP contribution in [0.1, 0.15) is 28.7 Å². The van der Waals surface area contributed by atoms with Gasteiger partial charge in [0.25, 0.3) is 0 Å². The minimum atomic E-state index is -0.176. The summed E-state index contributed by atoms with van der Waals surface area (Å²) >= 11 is 1.55. The van der Waals surface area contributed by atoms with E-state index in [1.165, 1.54) is 0 Å². The zero-order chi connectivity index (χ0) is 14.7. The summed E-state index contributed by atoms with van der Waals surface area (Å²) in [6.07, 6.45) is 0.779. The van der Waals surface area contributed by atoms with Crippen LogP contribution in [0.15, 0.2) is 29.6 Å². The number of carbonyl (C=O) groups is 1. The maximum absolute atomic E-state index is 12.0. The van der Waals surface area contributed by atoms with Crippen molar-refractivity contribution in [2.45, 2.75) is 25.9 Å². The Morgan fingerprint density at radius 2 is 2.33 bits per heavy atom. The van der Waals surface area contributed by atoms with E-state index in [0.717, 1.165) is 28.4 Å². The molecule has 5 nitrogen and oxygen atoms in total. The standard InChI is InChI=1S/C15H17N3O2S/c1-10-9-21-14(17-10)8-16-15(19)18-12-6-7-20-13-5-3-2-4-11(12)13/h2-5,9,12H,6-8H2,1H3,(H2,16,18,19). The third kappa shape index (κ3) is 3.33. The summed E-state index contributed by atoms with van der Waals surface area (Å²) in [6, 6.07) is 7.63. The van der Waals surface area contributed by atoms with E-state index in [4.69, 9.17) is 4.74 Å². The summed E-state index contributed by atoms with van der Waals surface area (Å²) < 4.78 is 5.59. The zero-order valence-corrected chi connectivity index (χ0v) is 12.6. The van der Waals surface area contributed by atoms with Gasteiger partial charge in [-0.3, -0.25) is 0 Å². The summed E-state index contributed by atoms with van der Waals surface area (Å²) in [4.78, 5) is 16.3. The van der Waals surface area contributed by atoms with Crippen LogP contribution in [-0.4, -0.2) is 17.6 Å². The normalized spacial score (nSPS) is 16.7. The lowest BCUT2D eigenvalue weighted by Crippen LogP contribution is -2.39. The van der Waals surface area contributed by atoms with E-state index in [2.05, 4.69) is 15.6 Å². The maximum atomic E-state index is 12.0. The van der Waals surface area contributed by atoms with E-state index in [1.54, 1.807) is 11.3 Å². The topological polar surface area (TPSA) is 63.2 Å². The number of aryl methyl sites for hydroxylation is 1. The highest BCUT2D eigenvalue weighted by Crippen LogP contribution is 2.31. The fraction of sp³-hybridized carbons (Fsp3) is 0.333. The molecule has 2 heterocycles. The molecule has 1 aromatic carbocycles. The lowest BCUT2D eigenvalue weighted by Gasteiger charge is -2.26. The molecular weight excluding hydrogens is 286 g/mol. The first-order chi connectivity index (χ1) is 10.2. The SMILES string of the molecule is Cc1csc(CNC(=O)NC2CCOc3ccccc32)n1. The van der Waals surface area contributed by atoms with Crippen molar-refractivity contribution in [2.24, 2.45) is 0 Å². The predicted molar refractivity (Wildman–Crippen MR) is 81.5 cm³/mol. The van der Waals surface area contributed by atoms with Crippen LogP contribution in [0.2, 0.25) is 0 Å². The van der Waals surface area contributed by atoms with Crippen molar-refractivity contribution in [1.82, 2.24) is 15.6 Å². The molecule has 1 aromatic heterocycles. The van der Waals surface area contributed by atoms with Crippen molar-refractivity contribution in [1.29, 1.82) is 0 Å². The van der Waals surface area contributed by atoms with Crippen LogP contribution < -0.4 is 15.4 Å². The molecule has 21 heavy (non-hydrogen) atoms. The lowest BCUT2D eigenvalue weighted by molar-refractivity contribution is 0.223. The Kier molecular flexibility index (Phi) is 4.06. The number of thiazole rings is 1. The Bertz CT molecular complexity index is 641. The zero-order valence-electron chi connectivity index (χ0n) is 11.8. The Balaban J connectivity index is 1.58. The molecule has 0 aliphatic carbocycles. The number of fused-ring (bicyclic) bond motifs is 1. The van der Waals surface area contributed by atoms with Gasteiger partial charge >= 0.3 is 6.03 Å². The number of aromatic nitrogens is 1. The van der Waals surface area contributed by atoms with Gasteiger partial charge in [-0.15, -0.1) is 11.3 Å². The van der Waals surface area contributed by atoms with Crippen molar-refractivity contribution in [3.05, 3.63) is 45.9 Å². The molecule has 3 rings (SSSR count). The summed E-state index contributed by atoms with van der Waals surface area (Å²) in [7, 11) is 0. The Morgan fingerprint density at radius 1 is 1.48 bits per heavy atom. The van der Waals surface area contributed by atoms with Crippen molar-refractivity contribution < 1.29 is 9.53 Å². The highest BCUT2D eigenvalue weighted by Gasteiger charge is 2.22. The number of hydrogen-bond acceptors (Lipinski definition) is 4. The van der Waals surface area contributed by atoms with Crippen LogP contribution in [0, 0.1) is 6.92 Å². The fourth-order valence-corrected chi connectivity index (χ4v) is 3.05. The molecular formula is C15H17N3O2S. The van der Waals surface area contributed by atoms with Gasteiger partial charge in [0.2, 0.25) is 0 Å². The minimum absolute atomic E-state index is 0.00650. The quantitative estimate of drug-likeness (QED) is 0.916. The van der Waals surface area contributed by atoms with Crippen molar-refractivity contribution in [2.75, 3.05) is 6.61 Å². The number of para-hydroxylation sites is 1. The van der Waals surface area contributed by atoms with E-state index in [0.29, 0.717) is 13.2 Å². The molecule has 0 bridgehead atoms. The number of rotatable bonds is 3. The average molecular weight is 303 g/mol. The van der Waals surface area contributed by atoms with E-state index >= 15 is 0 Å². The molecule has 1 aliphatic heterocycles. The molecule has 2 amide bonds. The smallest absolute Gasteiger partial charge is 0.315 e. The van der Waals surface area contributed by atoms with Crippen molar-refractivity contribution >= 4 is 17.4 Å². The van der Waals surface area contributed by atoms with Gasteiger partial charge in [-0.25, -0.2) is 9.78 Å². The molecule has 110 valence electrons. The Hall–Kier alpha value is -2.08. The summed E-state index contributed by atoms with van der Waals surface area (Å²) in [5, 5.41) is 8.73. The van der Waals surface area contributed by atoms with Crippen LogP contribution in [0.25, 0.3) is 0 Å². The first-order valence-corrected chi connectivity index (χ1v) is 7.77. The highest BCUT2D eigenvalue weighted by molar-refractivity contribution is 7.09. The molecule has 0 saturated heterocycles. The second-order valence-electron chi connectivity index (χ2n) is 4.94. The monoisotopic (exact) mass is 303 g/mol. The second-order valence-corrected chi connectivity index (χ2v) is 5.88. The van der Waals surface area contributed by atoms with Crippen LogP contribution in [0.3, 0.4) is 0 Å². The van der Waals surface area contributed by atoms with Gasteiger partial charge in [0.05, 0.1) is 19.2 Å². The van der Waals surface area contributed by atoms with Gasteiger partial charge in [-0.2, -0.15) is 0 Å². The number of carbonyl (C=O) groups excluding carboxylic acids is 1. The first-order valence-electron chi connectivity index (χ1n) is 6.89. The van der Waals surface area contributed by atoms with Crippen LogP contribution in [0.4, 0.5) is 4.79 Å². The molecule has 2 aromatic rings. The predicted octanol–water partition coefficient (Wildman–Crippen LogP) is 2.77. The van der Waals surface area contributed by atoms with E-state index in [1.807, 2.05) is 36.6 Å². The Labute approximate surface area is 127 Å². The van der Waals surface area contributed by atoms with Crippen LogP contribution >= 0.6 is 11.3 Å². The molecule has 1 atom stereocenters. The maximum Gasteiger partial charge on any atom is 0.315 e.